The smallest absolute Gasteiger partial charge is 0.273 e. The fourth-order valence-electron chi connectivity index (χ4n) is 2.93. The zero-order valence-corrected chi connectivity index (χ0v) is 16.1. The summed E-state index contributed by atoms with van der Waals surface area (Å²) in [5, 5.41) is 2.81. The van der Waals surface area contributed by atoms with E-state index in [2.05, 4.69) is 21.6 Å². The summed E-state index contributed by atoms with van der Waals surface area (Å²) in [5.41, 5.74) is 3.79. The quantitative estimate of drug-likeness (QED) is 0.563. The fourth-order valence-corrected chi connectivity index (χ4v) is 3.74. The molecule has 140 valence electrons. The first-order valence-electron chi connectivity index (χ1n) is 8.94. The maximum atomic E-state index is 12.8. The number of benzene rings is 2. The number of anilines is 1. The first-order valence-corrected chi connectivity index (χ1v) is 9.72. The van der Waals surface area contributed by atoms with E-state index in [0.29, 0.717) is 21.6 Å². The van der Waals surface area contributed by atoms with E-state index < -0.39 is 0 Å². The van der Waals surface area contributed by atoms with Crippen LogP contribution in [0.2, 0.25) is 0 Å². The van der Waals surface area contributed by atoms with Gasteiger partial charge in [0, 0.05) is 11.3 Å². The molecule has 0 aliphatic rings. The summed E-state index contributed by atoms with van der Waals surface area (Å²) in [5.74, 6) is -0.278. The Hall–Kier alpha value is -3.32. The van der Waals surface area contributed by atoms with Crippen LogP contribution in [0.3, 0.4) is 0 Å². The van der Waals surface area contributed by atoms with Crippen molar-refractivity contribution in [3.8, 4) is 11.3 Å². The van der Waals surface area contributed by atoms with Gasteiger partial charge in [0.1, 0.15) is 22.5 Å². The second-order valence-corrected chi connectivity index (χ2v) is 7.12. The third-order valence-corrected chi connectivity index (χ3v) is 5.28. The van der Waals surface area contributed by atoms with Gasteiger partial charge in [-0.25, -0.2) is 4.98 Å². The lowest BCUT2D eigenvalue weighted by atomic mass is 10.1. The van der Waals surface area contributed by atoms with E-state index in [1.165, 1.54) is 16.5 Å². The van der Waals surface area contributed by atoms with Gasteiger partial charge in [0.15, 0.2) is 0 Å². The fraction of sp³-hybridized carbons (Fsp3) is 0.143. The molecule has 4 aromatic rings. The van der Waals surface area contributed by atoms with Gasteiger partial charge in [-0.15, -0.1) is 0 Å². The van der Waals surface area contributed by atoms with Gasteiger partial charge in [0.05, 0.1) is 6.33 Å². The van der Waals surface area contributed by atoms with Crippen molar-refractivity contribution < 1.29 is 4.79 Å². The zero-order chi connectivity index (χ0) is 19.5. The monoisotopic (exact) mass is 390 g/mol. The summed E-state index contributed by atoms with van der Waals surface area (Å²) in [7, 11) is 0. The molecule has 6 nitrogen and oxygen atoms in total. The molecule has 2 aromatic carbocycles. The highest BCUT2D eigenvalue weighted by atomic mass is 32.1. The van der Waals surface area contributed by atoms with Crippen LogP contribution in [0.15, 0.2) is 65.7 Å². The second kappa shape index (κ2) is 7.74. The third kappa shape index (κ3) is 3.57. The van der Waals surface area contributed by atoms with Gasteiger partial charge < -0.3 is 5.32 Å². The molecule has 4 rings (SSSR count). The number of nitrogens with zero attached hydrogens (tertiary/aromatic N) is 3. The summed E-state index contributed by atoms with van der Waals surface area (Å²) in [4.78, 5) is 29.5. The van der Waals surface area contributed by atoms with Gasteiger partial charge in [-0.1, -0.05) is 49.4 Å². The SMILES string of the molecule is CCc1ccc(NC(=O)Cn2cnc3c(-c4ccccc4)nsc3c2=O)cc1. The van der Waals surface area contributed by atoms with Crippen LogP contribution in [-0.2, 0) is 17.8 Å². The van der Waals surface area contributed by atoms with Crippen molar-refractivity contribution >= 4 is 33.3 Å². The third-order valence-electron chi connectivity index (χ3n) is 4.46. The van der Waals surface area contributed by atoms with Crippen molar-refractivity contribution in [2.45, 2.75) is 19.9 Å². The lowest BCUT2D eigenvalue weighted by molar-refractivity contribution is -0.116. The molecule has 1 amide bonds. The highest BCUT2D eigenvalue weighted by Crippen LogP contribution is 2.26. The molecule has 0 saturated heterocycles. The average molecular weight is 390 g/mol. The van der Waals surface area contributed by atoms with Gasteiger partial charge in [0.2, 0.25) is 5.91 Å². The molecule has 2 heterocycles. The topological polar surface area (TPSA) is 76.9 Å². The lowest BCUT2D eigenvalue weighted by Gasteiger charge is -2.08. The first kappa shape index (κ1) is 18.1. The number of aryl methyl sites for hydroxylation is 1. The van der Waals surface area contributed by atoms with Crippen LogP contribution < -0.4 is 10.9 Å². The van der Waals surface area contributed by atoms with Crippen molar-refractivity contribution in [2.75, 3.05) is 5.32 Å². The van der Waals surface area contributed by atoms with E-state index in [9.17, 15) is 9.59 Å². The maximum Gasteiger partial charge on any atom is 0.273 e. The van der Waals surface area contributed by atoms with E-state index in [0.717, 1.165) is 23.5 Å². The molecule has 0 atom stereocenters. The molecular weight excluding hydrogens is 372 g/mol. The second-order valence-electron chi connectivity index (χ2n) is 6.35. The van der Waals surface area contributed by atoms with E-state index in [1.54, 1.807) is 0 Å². The molecule has 7 heteroatoms. The normalized spacial score (nSPS) is 10.9. The van der Waals surface area contributed by atoms with Crippen LogP contribution in [0, 0.1) is 0 Å². The first-order chi connectivity index (χ1) is 13.7. The van der Waals surface area contributed by atoms with Crippen molar-refractivity contribution in [1.29, 1.82) is 0 Å². The minimum atomic E-state index is -0.278. The molecule has 0 aliphatic carbocycles. The molecule has 0 aliphatic heterocycles. The predicted octanol–water partition coefficient (Wildman–Crippen LogP) is 3.72. The maximum absolute atomic E-state index is 12.8. The molecule has 0 fully saturated rings. The zero-order valence-electron chi connectivity index (χ0n) is 15.3. The number of nitrogens with one attached hydrogen (secondary N) is 1. The van der Waals surface area contributed by atoms with Gasteiger partial charge >= 0.3 is 0 Å². The summed E-state index contributed by atoms with van der Waals surface area (Å²) < 4.78 is 6.15. The lowest BCUT2D eigenvalue weighted by Crippen LogP contribution is -2.27. The molecule has 1 N–H and O–H groups in total. The Balaban J connectivity index is 1.56. The number of amides is 1. The Kier molecular flexibility index (Phi) is 4.99. The highest BCUT2D eigenvalue weighted by Gasteiger charge is 2.15. The summed E-state index contributed by atoms with van der Waals surface area (Å²) in [6, 6.07) is 17.3. The van der Waals surface area contributed by atoms with Crippen molar-refractivity contribution in [3.05, 3.63) is 76.8 Å². The molecule has 28 heavy (non-hydrogen) atoms. The van der Waals surface area contributed by atoms with E-state index in [4.69, 9.17) is 0 Å². The Bertz CT molecular complexity index is 1180. The minimum Gasteiger partial charge on any atom is -0.325 e. The molecule has 0 saturated carbocycles. The number of carbonyl (C=O) groups is 1. The Labute approximate surface area is 165 Å². The van der Waals surface area contributed by atoms with Gasteiger partial charge in [-0.05, 0) is 35.6 Å². The molecule has 0 spiro atoms. The summed E-state index contributed by atoms with van der Waals surface area (Å²) >= 11 is 1.11. The number of hydrogen-bond acceptors (Lipinski definition) is 5. The van der Waals surface area contributed by atoms with Gasteiger partial charge in [-0.3, -0.25) is 14.2 Å². The minimum absolute atomic E-state index is 0.101. The van der Waals surface area contributed by atoms with Gasteiger partial charge in [-0.2, -0.15) is 4.37 Å². The molecule has 0 bridgehead atoms. The van der Waals surface area contributed by atoms with Crippen molar-refractivity contribution in [2.24, 2.45) is 0 Å². The summed E-state index contributed by atoms with van der Waals surface area (Å²) in [6.45, 7) is 1.97. The number of fused-ring (bicyclic) bond motifs is 1. The van der Waals surface area contributed by atoms with E-state index >= 15 is 0 Å². The Morgan fingerprint density at radius 3 is 2.57 bits per heavy atom. The van der Waals surface area contributed by atoms with Crippen LogP contribution in [0.4, 0.5) is 5.69 Å². The van der Waals surface area contributed by atoms with Crippen molar-refractivity contribution in [3.63, 3.8) is 0 Å². The van der Waals surface area contributed by atoms with Crippen LogP contribution in [-0.4, -0.2) is 19.8 Å². The van der Waals surface area contributed by atoms with Crippen molar-refractivity contribution in [1.82, 2.24) is 13.9 Å². The number of aromatic nitrogens is 3. The van der Waals surface area contributed by atoms with Gasteiger partial charge in [0.25, 0.3) is 5.56 Å². The van der Waals surface area contributed by atoms with Crippen LogP contribution in [0.25, 0.3) is 21.5 Å². The standard InChI is InChI=1S/C21H18N4O2S/c1-2-14-8-10-16(11-9-14)23-17(26)12-25-13-22-19-18(15-6-4-3-5-7-15)24-28-20(19)21(25)27/h3-11,13H,2,12H2,1H3,(H,23,26). The Morgan fingerprint density at radius 1 is 1.11 bits per heavy atom. The Morgan fingerprint density at radius 2 is 1.86 bits per heavy atom. The van der Waals surface area contributed by atoms with Crippen LogP contribution in [0.5, 0.6) is 0 Å². The largest absolute Gasteiger partial charge is 0.325 e. The number of carbonyl (C=O) groups excluding carboxylic acids is 1. The molecule has 0 unspecified atom stereocenters. The average Bonchev–Trinajstić information content (AvgIpc) is 3.16. The molecule has 2 aromatic heterocycles. The molecular formula is C21H18N4O2S. The van der Waals surface area contributed by atoms with Crippen LogP contribution in [0.1, 0.15) is 12.5 Å². The number of rotatable bonds is 5. The highest BCUT2D eigenvalue weighted by molar-refractivity contribution is 7.13. The predicted molar refractivity (Wildman–Crippen MR) is 112 cm³/mol. The summed E-state index contributed by atoms with van der Waals surface area (Å²) in [6.07, 6.45) is 2.35. The number of hydrogen-bond donors (Lipinski definition) is 1. The van der Waals surface area contributed by atoms with E-state index in [1.807, 2.05) is 54.6 Å². The van der Waals surface area contributed by atoms with Crippen LogP contribution >= 0.6 is 11.5 Å². The molecule has 0 radical (unpaired) electrons. The van der Waals surface area contributed by atoms with E-state index in [-0.39, 0.29) is 18.0 Å².